The first kappa shape index (κ1) is 15.5. The first-order valence-corrected chi connectivity index (χ1v) is 7.96. The van der Waals surface area contributed by atoms with E-state index in [4.69, 9.17) is 0 Å². The van der Waals surface area contributed by atoms with Crippen molar-refractivity contribution < 1.29 is 14.4 Å². The second kappa shape index (κ2) is 6.40. The van der Waals surface area contributed by atoms with Crippen molar-refractivity contribution in [1.82, 2.24) is 15.8 Å². The molecule has 0 radical (unpaired) electrons. The molecule has 23 heavy (non-hydrogen) atoms. The fourth-order valence-corrected chi connectivity index (χ4v) is 2.69. The highest BCUT2D eigenvalue weighted by atomic mass is 16.2. The largest absolute Gasteiger partial charge is 0.338 e. The molecule has 0 spiro atoms. The Labute approximate surface area is 135 Å². The van der Waals surface area contributed by atoms with Crippen molar-refractivity contribution in [3.8, 4) is 0 Å². The summed E-state index contributed by atoms with van der Waals surface area (Å²) in [7, 11) is 0. The van der Waals surface area contributed by atoms with Gasteiger partial charge < -0.3 is 4.90 Å². The van der Waals surface area contributed by atoms with Gasteiger partial charge in [-0.2, -0.15) is 0 Å². The minimum atomic E-state index is -0.410. The molecule has 1 aromatic carbocycles. The Morgan fingerprint density at radius 3 is 2.30 bits per heavy atom. The molecule has 2 aliphatic rings. The van der Waals surface area contributed by atoms with Gasteiger partial charge in [0.05, 0.1) is 5.92 Å². The molecular weight excluding hydrogens is 294 g/mol. The Morgan fingerprint density at radius 2 is 1.70 bits per heavy atom. The highest BCUT2D eigenvalue weighted by molar-refractivity contribution is 5.90. The third kappa shape index (κ3) is 3.88. The predicted molar refractivity (Wildman–Crippen MR) is 83.7 cm³/mol. The van der Waals surface area contributed by atoms with Crippen LogP contribution in [0.3, 0.4) is 0 Å². The predicted octanol–water partition coefficient (Wildman–Crippen LogP) is 0.901. The molecule has 3 amide bonds. The van der Waals surface area contributed by atoms with E-state index in [1.807, 2.05) is 31.2 Å². The van der Waals surface area contributed by atoms with Gasteiger partial charge in [-0.25, -0.2) is 0 Å². The molecule has 1 aliphatic heterocycles. The number of rotatable bonds is 4. The number of carbonyl (C=O) groups is 3. The second-order valence-electron chi connectivity index (χ2n) is 6.41. The smallest absolute Gasteiger partial charge is 0.243 e. The van der Waals surface area contributed by atoms with Gasteiger partial charge in [-0.3, -0.25) is 25.2 Å². The van der Waals surface area contributed by atoms with Crippen LogP contribution in [0.25, 0.3) is 0 Å². The first-order chi connectivity index (χ1) is 11.0. The zero-order valence-electron chi connectivity index (χ0n) is 13.2. The molecule has 2 fully saturated rings. The summed E-state index contributed by atoms with van der Waals surface area (Å²) in [5.41, 5.74) is 7.10. The normalized spacial score (nSPS) is 20.5. The molecule has 1 atom stereocenters. The monoisotopic (exact) mass is 315 g/mol. The molecule has 0 bridgehead atoms. The lowest BCUT2D eigenvalue weighted by molar-refractivity contribution is -0.132. The van der Waals surface area contributed by atoms with Gasteiger partial charge in [0, 0.05) is 25.4 Å². The molecule has 1 saturated heterocycles. The minimum Gasteiger partial charge on any atom is -0.338 e. The number of benzene rings is 1. The van der Waals surface area contributed by atoms with E-state index in [0.29, 0.717) is 13.1 Å². The molecule has 3 rings (SSSR count). The number of carbonyl (C=O) groups excluding carboxylic acids is 3. The van der Waals surface area contributed by atoms with Crippen molar-refractivity contribution >= 4 is 17.7 Å². The van der Waals surface area contributed by atoms with E-state index in [-0.39, 0.29) is 30.1 Å². The van der Waals surface area contributed by atoms with Crippen LogP contribution in [0, 0.1) is 18.8 Å². The Balaban J connectivity index is 1.50. The summed E-state index contributed by atoms with van der Waals surface area (Å²) < 4.78 is 0. The van der Waals surface area contributed by atoms with Crippen molar-refractivity contribution in [2.75, 3.05) is 6.54 Å². The van der Waals surface area contributed by atoms with Crippen LogP contribution >= 0.6 is 0 Å². The van der Waals surface area contributed by atoms with Crippen LogP contribution in [0.2, 0.25) is 0 Å². The van der Waals surface area contributed by atoms with Crippen molar-refractivity contribution in [3.05, 3.63) is 35.4 Å². The lowest BCUT2D eigenvalue weighted by Crippen LogP contribution is -2.45. The Morgan fingerprint density at radius 1 is 1.09 bits per heavy atom. The van der Waals surface area contributed by atoms with Gasteiger partial charge in [-0.15, -0.1) is 0 Å². The number of nitrogens with one attached hydrogen (secondary N) is 2. The van der Waals surface area contributed by atoms with Crippen molar-refractivity contribution in [1.29, 1.82) is 0 Å². The second-order valence-corrected chi connectivity index (χ2v) is 6.41. The number of amides is 3. The summed E-state index contributed by atoms with van der Waals surface area (Å²) >= 11 is 0. The number of aryl methyl sites for hydroxylation is 1. The minimum absolute atomic E-state index is 0.0285. The fourth-order valence-electron chi connectivity index (χ4n) is 2.69. The molecule has 2 N–H and O–H groups in total. The van der Waals surface area contributed by atoms with Gasteiger partial charge in [0.15, 0.2) is 0 Å². The Kier molecular flexibility index (Phi) is 4.32. The zero-order valence-corrected chi connectivity index (χ0v) is 13.2. The van der Waals surface area contributed by atoms with Gasteiger partial charge in [0.1, 0.15) is 0 Å². The van der Waals surface area contributed by atoms with Crippen LogP contribution in [-0.4, -0.2) is 29.2 Å². The quantitative estimate of drug-likeness (QED) is 0.810. The highest BCUT2D eigenvalue weighted by Gasteiger charge is 2.35. The van der Waals surface area contributed by atoms with Crippen LogP contribution in [0.1, 0.15) is 30.4 Å². The maximum atomic E-state index is 12.1. The van der Waals surface area contributed by atoms with Crippen LogP contribution < -0.4 is 10.9 Å². The molecule has 6 heteroatoms. The molecule has 122 valence electrons. The lowest BCUT2D eigenvalue weighted by Gasteiger charge is -2.17. The van der Waals surface area contributed by atoms with E-state index >= 15 is 0 Å². The maximum absolute atomic E-state index is 12.1. The summed E-state index contributed by atoms with van der Waals surface area (Å²) in [6.45, 7) is 2.91. The van der Waals surface area contributed by atoms with E-state index in [9.17, 15) is 14.4 Å². The molecule has 1 saturated carbocycles. The summed E-state index contributed by atoms with van der Waals surface area (Å²) in [4.78, 5) is 37.4. The first-order valence-electron chi connectivity index (χ1n) is 7.96. The molecule has 1 aromatic rings. The average Bonchev–Trinajstić information content (AvgIpc) is 3.32. The number of hydrazine groups is 1. The number of likely N-dealkylation sites (tertiary alicyclic amines) is 1. The summed E-state index contributed by atoms with van der Waals surface area (Å²) in [5.74, 6) is -0.830. The zero-order chi connectivity index (χ0) is 16.4. The molecule has 6 nitrogen and oxygen atoms in total. The SMILES string of the molecule is Cc1ccc(CN2CC(C(=O)NNC(=O)C3CC3)CC2=O)cc1. The van der Waals surface area contributed by atoms with Gasteiger partial charge in [0.2, 0.25) is 17.7 Å². The van der Waals surface area contributed by atoms with E-state index in [1.165, 1.54) is 5.56 Å². The van der Waals surface area contributed by atoms with Crippen LogP contribution in [0.4, 0.5) is 0 Å². The number of nitrogens with zero attached hydrogens (tertiary/aromatic N) is 1. The number of hydrogen-bond donors (Lipinski definition) is 2. The van der Waals surface area contributed by atoms with Gasteiger partial charge >= 0.3 is 0 Å². The molecular formula is C17H21N3O3. The molecule has 0 aromatic heterocycles. The van der Waals surface area contributed by atoms with Crippen LogP contribution in [0.15, 0.2) is 24.3 Å². The van der Waals surface area contributed by atoms with Crippen molar-refractivity contribution in [2.45, 2.75) is 32.7 Å². The average molecular weight is 315 g/mol. The van der Waals surface area contributed by atoms with Crippen molar-refractivity contribution in [3.63, 3.8) is 0 Å². The van der Waals surface area contributed by atoms with Crippen LogP contribution in [-0.2, 0) is 20.9 Å². The highest BCUT2D eigenvalue weighted by Crippen LogP contribution is 2.28. The molecule has 1 heterocycles. The summed E-state index contributed by atoms with van der Waals surface area (Å²) in [6, 6.07) is 8.00. The van der Waals surface area contributed by atoms with Crippen LogP contribution in [0.5, 0.6) is 0 Å². The van der Waals surface area contributed by atoms with E-state index in [2.05, 4.69) is 10.9 Å². The van der Waals surface area contributed by atoms with Gasteiger partial charge in [-0.05, 0) is 25.3 Å². The number of hydrogen-bond acceptors (Lipinski definition) is 3. The lowest BCUT2D eigenvalue weighted by atomic mass is 10.1. The third-order valence-corrected chi connectivity index (χ3v) is 4.34. The van der Waals surface area contributed by atoms with Gasteiger partial charge in [-0.1, -0.05) is 29.8 Å². The van der Waals surface area contributed by atoms with E-state index in [0.717, 1.165) is 18.4 Å². The Hall–Kier alpha value is -2.37. The summed E-state index contributed by atoms with van der Waals surface area (Å²) in [5, 5.41) is 0. The molecule has 1 aliphatic carbocycles. The topological polar surface area (TPSA) is 78.5 Å². The van der Waals surface area contributed by atoms with Crippen molar-refractivity contribution in [2.24, 2.45) is 11.8 Å². The maximum Gasteiger partial charge on any atom is 0.243 e. The fraction of sp³-hybridized carbons (Fsp3) is 0.471. The standard InChI is InChI=1S/C17H21N3O3/c1-11-2-4-12(5-3-11)9-20-10-14(8-15(20)21)17(23)19-18-16(22)13-6-7-13/h2-5,13-14H,6-10H2,1H3,(H,18,22)(H,19,23). The molecule has 1 unspecified atom stereocenters. The third-order valence-electron chi connectivity index (χ3n) is 4.34. The summed E-state index contributed by atoms with van der Waals surface area (Å²) in [6.07, 6.45) is 1.96. The van der Waals surface area contributed by atoms with E-state index < -0.39 is 5.92 Å². The van der Waals surface area contributed by atoms with Gasteiger partial charge in [0.25, 0.3) is 0 Å². The van der Waals surface area contributed by atoms with E-state index in [1.54, 1.807) is 4.90 Å². The Bertz CT molecular complexity index is 622.